The van der Waals surface area contributed by atoms with Gasteiger partial charge in [0.15, 0.2) is 0 Å². The average Bonchev–Trinajstić information content (AvgIpc) is 3.01. The van der Waals surface area contributed by atoms with Gasteiger partial charge in [0.2, 0.25) is 5.91 Å². The van der Waals surface area contributed by atoms with E-state index < -0.39 is 6.04 Å². The van der Waals surface area contributed by atoms with E-state index >= 15 is 0 Å². The first-order chi connectivity index (χ1) is 11.7. The maximum absolute atomic E-state index is 13.1. The SMILES string of the molecule is CCNC(=O)C1Cc2ccccc2N1C(=O)c1cccc(OC)c1. The number of ether oxygens (including phenoxy) is 1. The lowest BCUT2D eigenvalue weighted by atomic mass is 10.1. The Kier molecular flexibility index (Phi) is 4.51. The number of rotatable bonds is 4. The summed E-state index contributed by atoms with van der Waals surface area (Å²) in [6.45, 7) is 2.40. The molecule has 2 aromatic rings. The van der Waals surface area contributed by atoms with E-state index in [0.29, 0.717) is 24.3 Å². The molecule has 1 heterocycles. The number of carbonyl (C=O) groups is 2. The third-order valence-corrected chi connectivity index (χ3v) is 4.17. The first-order valence-electron chi connectivity index (χ1n) is 7.99. The zero-order valence-corrected chi connectivity index (χ0v) is 13.8. The van der Waals surface area contributed by atoms with Gasteiger partial charge in [0, 0.05) is 24.2 Å². The van der Waals surface area contributed by atoms with Crippen LogP contribution in [-0.4, -0.2) is 31.5 Å². The highest BCUT2D eigenvalue weighted by Gasteiger charge is 2.38. The molecule has 124 valence electrons. The molecule has 0 fully saturated rings. The van der Waals surface area contributed by atoms with E-state index in [1.54, 1.807) is 36.3 Å². The molecule has 1 aliphatic rings. The number of para-hydroxylation sites is 1. The van der Waals surface area contributed by atoms with Gasteiger partial charge in [-0.2, -0.15) is 0 Å². The monoisotopic (exact) mass is 324 g/mol. The van der Waals surface area contributed by atoms with Gasteiger partial charge in [0.05, 0.1) is 7.11 Å². The lowest BCUT2D eigenvalue weighted by Crippen LogP contribution is -2.48. The van der Waals surface area contributed by atoms with Gasteiger partial charge in [-0.3, -0.25) is 14.5 Å². The summed E-state index contributed by atoms with van der Waals surface area (Å²) in [6.07, 6.45) is 0.526. The summed E-state index contributed by atoms with van der Waals surface area (Å²) in [5.74, 6) is 0.281. The molecular formula is C19H20N2O3. The predicted molar refractivity (Wildman–Crippen MR) is 92.4 cm³/mol. The van der Waals surface area contributed by atoms with E-state index in [1.165, 1.54) is 0 Å². The smallest absolute Gasteiger partial charge is 0.259 e. The average molecular weight is 324 g/mol. The summed E-state index contributed by atoms with van der Waals surface area (Å²) in [5, 5.41) is 2.82. The molecule has 0 aliphatic carbocycles. The van der Waals surface area contributed by atoms with Crippen molar-refractivity contribution in [2.24, 2.45) is 0 Å². The first-order valence-corrected chi connectivity index (χ1v) is 7.99. The van der Waals surface area contributed by atoms with Gasteiger partial charge in [-0.1, -0.05) is 24.3 Å². The Bertz CT molecular complexity index is 773. The fourth-order valence-corrected chi connectivity index (χ4v) is 3.03. The van der Waals surface area contributed by atoms with Crippen molar-refractivity contribution < 1.29 is 14.3 Å². The molecule has 0 saturated heterocycles. The number of methoxy groups -OCH3 is 1. The number of hydrogen-bond acceptors (Lipinski definition) is 3. The van der Waals surface area contributed by atoms with Crippen molar-refractivity contribution in [3.05, 3.63) is 59.7 Å². The maximum Gasteiger partial charge on any atom is 0.259 e. The standard InChI is InChI=1S/C19H20N2O3/c1-3-20-18(22)17-12-13-7-4-5-10-16(13)21(17)19(23)14-8-6-9-15(11-14)24-2/h4-11,17H,3,12H2,1-2H3,(H,20,22). The molecule has 0 aromatic heterocycles. The van der Waals surface area contributed by atoms with Crippen LogP contribution < -0.4 is 15.0 Å². The Balaban J connectivity index is 2.00. The minimum Gasteiger partial charge on any atom is -0.497 e. The van der Waals surface area contributed by atoms with E-state index in [2.05, 4.69) is 5.32 Å². The quantitative estimate of drug-likeness (QED) is 0.939. The zero-order valence-electron chi connectivity index (χ0n) is 13.8. The van der Waals surface area contributed by atoms with Crippen LogP contribution in [0.3, 0.4) is 0 Å². The molecule has 0 bridgehead atoms. The van der Waals surface area contributed by atoms with Crippen molar-refractivity contribution in [2.45, 2.75) is 19.4 Å². The van der Waals surface area contributed by atoms with Gasteiger partial charge in [-0.15, -0.1) is 0 Å². The van der Waals surface area contributed by atoms with Crippen LogP contribution in [0.25, 0.3) is 0 Å². The van der Waals surface area contributed by atoms with Crippen LogP contribution in [0, 0.1) is 0 Å². The van der Waals surface area contributed by atoms with E-state index in [4.69, 9.17) is 4.74 Å². The molecule has 1 aliphatic heterocycles. The second-order valence-electron chi connectivity index (χ2n) is 5.65. The van der Waals surface area contributed by atoms with Gasteiger partial charge in [-0.05, 0) is 36.8 Å². The number of likely N-dealkylation sites (N-methyl/N-ethyl adjacent to an activating group) is 1. The number of fused-ring (bicyclic) bond motifs is 1. The normalized spacial score (nSPS) is 15.8. The second kappa shape index (κ2) is 6.74. The van der Waals surface area contributed by atoms with E-state index in [0.717, 1.165) is 11.3 Å². The predicted octanol–water partition coefficient (Wildman–Crippen LogP) is 2.40. The Hall–Kier alpha value is -2.82. The van der Waals surface area contributed by atoms with E-state index in [-0.39, 0.29) is 11.8 Å². The van der Waals surface area contributed by atoms with Crippen LogP contribution in [-0.2, 0) is 11.2 Å². The number of nitrogens with zero attached hydrogens (tertiary/aromatic N) is 1. The van der Waals surface area contributed by atoms with Gasteiger partial charge < -0.3 is 10.1 Å². The largest absolute Gasteiger partial charge is 0.497 e. The number of anilines is 1. The first kappa shape index (κ1) is 16.1. The Morgan fingerprint density at radius 2 is 2.00 bits per heavy atom. The highest BCUT2D eigenvalue weighted by Crippen LogP contribution is 2.33. The lowest BCUT2D eigenvalue weighted by molar-refractivity contribution is -0.122. The molecule has 2 aromatic carbocycles. The maximum atomic E-state index is 13.1. The highest BCUT2D eigenvalue weighted by atomic mass is 16.5. The topological polar surface area (TPSA) is 58.6 Å². The molecule has 3 rings (SSSR count). The molecule has 0 radical (unpaired) electrons. The van der Waals surface area contributed by atoms with E-state index in [9.17, 15) is 9.59 Å². The minimum absolute atomic E-state index is 0.134. The van der Waals surface area contributed by atoms with Crippen molar-refractivity contribution in [1.29, 1.82) is 0 Å². The number of amides is 2. The summed E-state index contributed by atoms with van der Waals surface area (Å²) in [6, 6.07) is 14.1. The van der Waals surface area contributed by atoms with Crippen LogP contribution in [0.4, 0.5) is 5.69 Å². The highest BCUT2D eigenvalue weighted by molar-refractivity contribution is 6.11. The van der Waals surface area contributed by atoms with E-state index in [1.807, 2.05) is 31.2 Å². The Morgan fingerprint density at radius 3 is 2.75 bits per heavy atom. The zero-order chi connectivity index (χ0) is 17.1. The molecular weight excluding hydrogens is 304 g/mol. The van der Waals surface area contributed by atoms with Crippen molar-refractivity contribution in [1.82, 2.24) is 5.32 Å². The Labute approximate surface area is 141 Å². The van der Waals surface area contributed by atoms with Crippen LogP contribution in [0.2, 0.25) is 0 Å². The molecule has 1 N–H and O–H groups in total. The van der Waals surface area contributed by atoms with Crippen LogP contribution >= 0.6 is 0 Å². The summed E-state index contributed by atoms with van der Waals surface area (Å²) in [7, 11) is 1.56. The van der Waals surface area contributed by atoms with Gasteiger partial charge in [0.1, 0.15) is 11.8 Å². The molecule has 2 amide bonds. The van der Waals surface area contributed by atoms with Gasteiger partial charge in [-0.25, -0.2) is 0 Å². The van der Waals surface area contributed by atoms with Crippen LogP contribution in [0.1, 0.15) is 22.8 Å². The van der Waals surface area contributed by atoms with Crippen molar-refractivity contribution in [3.63, 3.8) is 0 Å². The molecule has 1 atom stereocenters. The van der Waals surface area contributed by atoms with Gasteiger partial charge in [0.25, 0.3) is 5.91 Å². The Morgan fingerprint density at radius 1 is 1.21 bits per heavy atom. The number of hydrogen-bond donors (Lipinski definition) is 1. The number of carbonyl (C=O) groups excluding carboxylic acids is 2. The molecule has 5 nitrogen and oxygen atoms in total. The third-order valence-electron chi connectivity index (χ3n) is 4.17. The van der Waals surface area contributed by atoms with Crippen LogP contribution in [0.15, 0.2) is 48.5 Å². The van der Waals surface area contributed by atoms with Crippen LogP contribution in [0.5, 0.6) is 5.75 Å². The molecule has 24 heavy (non-hydrogen) atoms. The molecule has 5 heteroatoms. The lowest BCUT2D eigenvalue weighted by Gasteiger charge is -2.25. The summed E-state index contributed by atoms with van der Waals surface area (Å²) < 4.78 is 5.20. The minimum atomic E-state index is -0.527. The third kappa shape index (κ3) is 2.85. The summed E-state index contributed by atoms with van der Waals surface area (Å²) >= 11 is 0. The van der Waals surface area contributed by atoms with Crippen molar-refractivity contribution in [3.8, 4) is 5.75 Å². The molecule has 0 saturated carbocycles. The number of benzene rings is 2. The van der Waals surface area contributed by atoms with Crippen molar-refractivity contribution >= 4 is 17.5 Å². The van der Waals surface area contributed by atoms with Gasteiger partial charge >= 0.3 is 0 Å². The fourth-order valence-electron chi connectivity index (χ4n) is 3.03. The fraction of sp³-hybridized carbons (Fsp3) is 0.263. The molecule has 1 unspecified atom stereocenters. The second-order valence-corrected chi connectivity index (χ2v) is 5.65. The molecule has 0 spiro atoms. The van der Waals surface area contributed by atoms with Crippen molar-refractivity contribution in [2.75, 3.05) is 18.6 Å². The summed E-state index contributed by atoms with van der Waals surface area (Å²) in [4.78, 5) is 27.1. The number of nitrogens with one attached hydrogen (secondary N) is 1. The summed E-state index contributed by atoms with van der Waals surface area (Å²) in [5.41, 5.74) is 2.30.